The molecule has 0 spiro atoms. The van der Waals surface area contributed by atoms with Gasteiger partial charge in [0.1, 0.15) is 28.1 Å². The van der Waals surface area contributed by atoms with E-state index >= 15 is 0 Å². The van der Waals surface area contributed by atoms with Gasteiger partial charge < -0.3 is 15.0 Å². The Morgan fingerprint density at radius 2 is 2.07 bits per heavy atom. The molecule has 0 aliphatic carbocycles. The highest BCUT2D eigenvalue weighted by Gasteiger charge is 2.17. The van der Waals surface area contributed by atoms with Gasteiger partial charge in [-0.1, -0.05) is 6.07 Å². The molecule has 0 aromatic carbocycles. The van der Waals surface area contributed by atoms with E-state index < -0.39 is 0 Å². The molecule has 7 nitrogen and oxygen atoms in total. The molecule has 1 fully saturated rings. The van der Waals surface area contributed by atoms with Crippen LogP contribution >= 0.6 is 22.7 Å². The van der Waals surface area contributed by atoms with E-state index in [1.54, 1.807) is 11.3 Å². The number of hydrogen-bond donors (Lipinski definition) is 1. The fourth-order valence-electron chi connectivity index (χ4n) is 3.22. The van der Waals surface area contributed by atoms with Gasteiger partial charge in [-0.3, -0.25) is 4.79 Å². The first-order chi connectivity index (χ1) is 14.1. The summed E-state index contributed by atoms with van der Waals surface area (Å²) in [5.41, 5.74) is 0.749. The molecule has 29 heavy (non-hydrogen) atoms. The number of aryl methyl sites for hydroxylation is 2. The Labute approximate surface area is 177 Å². The van der Waals surface area contributed by atoms with Gasteiger partial charge in [-0.25, -0.2) is 9.97 Å². The maximum Gasteiger partial charge on any atom is 0.263 e. The Morgan fingerprint density at radius 3 is 2.83 bits per heavy atom. The van der Waals surface area contributed by atoms with Crippen molar-refractivity contribution in [3.63, 3.8) is 0 Å². The highest BCUT2D eigenvalue weighted by molar-refractivity contribution is 7.22. The molecule has 0 saturated carbocycles. The lowest BCUT2D eigenvalue weighted by molar-refractivity contribution is 0.0950. The van der Waals surface area contributed by atoms with Gasteiger partial charge >= 0.3 is 0 Å². The van der Waals surface area contributed by atoms with E-state index in [0.29, 0.717) is 29.7 Å². The van der Waals surface area contributed by atoms with Crippen molar-refractivity contribution < 1.29 is 9.53 Å². The zero-order chi connectivity index (χ0) is 20.2. The van der Waals surface area contributed by atoms with Crippen molar-refractivity contribution in [2.45, 2.75) is 26.7 Å². The summed E-state index contributed by atoms with van der Waals surface area (Å²) in [4.78, 5) is 29.9. The molecule has 1 N–H and O–H groups in total. The number of carbonyl (C=O) groups excluding carboxylic acids is 1. The van der Waals surface area contributed by atoms with Crippen molar-refractivity contribution in [3.8, 4) is 15.8 Å². The minimum atomic E-state index is -0.122. The van der Waals surface area contributed by atoms with Crippen LogP contribution in [0.2, 0.25) is 0 Å². The number of amides is 1. The first-order valence-electron chi connectivity index (χ1n) is 9.63. The zero-order valence-corrected chi connectivity index (χ0v) is 18.1. The number of anilines is 1. The Morgan fingerprint density at radius 1 is 1.24 bits per heavy atom. The maximum atomic E-state index is 12.5. The minimum absolute atomic E-state index is 0.122. The Balaban J connectivity index is 1.31. The highest BCUT2D eigenvalue weighted by atomic mass is 32.1. The monoisotopic (exact) mass is 429 g/mol. The minimum Gasteiger partial charge on any atom is -0.476 e. The van der Waals surface area contributed by atoms with Crippen LogP contribution in [0.1, 0.15) is 34.0 Å². The Kier molecular flexibility index (Phi) is 6.05. The largest absolute Gasteiger partial charge is 0.476 e. The first kappa shape index (κ1) is 19.8. The molecule has 1 aliphatic heterocycles. The fraction of sp³-hybridized carbons (Fsp3) is 0.400. The van der Waals surface area contributed by atoms with Crippen LogP contribution in [0.4, 0.5) is 5.82 Å². The molecule has 4 rings (SSSR count). The first-order valence-corrected chi connectivity index (χ1v) is 11.3. The van der Waals surface area contributed by atoms with Crippen molar-refractivity contribution >= 4 is 34.4 Å². The molecule has 1 aliphatic rings. The van der Waals surface area contributed by atoms with Crippen molar-refractivity contribution in [2.24, 2.45) is 0 Å². The Bertz CT molecular complexity index is 981. The van der Waals surface area contributed by atoms with Gasteiger partial charge in [0.05, 0.1) is 17.1 Å². The summed E-state index contributed by atoms with van der Waals surface area (Å²) >= 11 is 3.04. The number of ether oxygens (including phenoxy) is 1. The second-order valence-electron chi connectivity index (χ2n) is 6.82. The lowest BCUT2D eigenvalue weighted by atomic mass is 10.3. The van der Waals surface area contributed by atoms with Crippen molar-refractivity contribution in [1.29, 1.82) is 0 Å². The van der Waals surface area contributed by atoms with Gasteiger partial charge in [-0.2, -0.15) is 4.98 Å². The topological polar surface area (TPSA) is 80.2 Å². The molecular weight excluding hydrogens is 406 g/mol. The summed E-state index contributed by atoms with van der Waals surface area (Å²) in [5, 5.41) is 5.80. The second-order valence-corrected chi connectivity index (χ2v) is 8.77. The fourth-order valence-corrected chi connectivity index (χ4v) is 5.00. The van der Waals surface area contributed by atoms with Crippen LogP contribution < -0.4 is 15.0 Å². The van der Waals surface area contributed by atoms with E-state index in [1.807, 2.05) is 37.4 Å². The molecule has 0 radical (unpaired) electrons. The molecule has 3 aromatic heterocycles. The average Bonchev–Trinajstić information content (AvgIpc) is 3.46. The van der Waals surface area contributed by atoms with Crippen LogP contribution in [0.5, 0.6) is 5.88 Å². The molecular formula is C20H23N5O2S2. The van der Waals surface area contributed by atoms with Gasteiger partial charge in [-0.05, 0) is 38.1 Å². The summed E-state index contributed by atoms with van der Waals surface area (Å²) in [6.45, 7) is 6.51. The predicted molar refractivity (Wildman–Crippen MR) is 116 cm³/mol. The van der Waals surface area contributed by atoms with Crippen LogP contribution in [0, 0.1) is 13.8 Å². The van der Waals surface area contributed by atoms with Crippen molar-refractivity contribution in [3.05, 3.63) is 40.0 Å². The van der Waals surface area contributed by atoms with Crippen LogP contribution in [-0.4, -0.2) is 47.1 Å². The average molecular weight is 430 g/mol. The summed E-state index contributed by atoms with van der Waals surface area (Å²) in [6, 6.07) is 5.87. The number of hydrogen-bond acceptors (Lipinski definition) is 8. The lowest BCUT2D eigenvalue weighted by Gasteiger charge is -2.17. The zero-order valence-electron chi connectivity index (χ0n) is 16.5. The number of rotatable bonds is 7. The molecule has 0 unspecified atom stereocenters. The van der Waals surface area contributed by atoms with Crippen molar-refractivity contribution in [1.82, 2.24) is 20.3 Å². The molecule has 152 valence electrons. The number of nitrogens with zero attached hydrogens (tertiary/aromatic N) is 4. The molecule has 0 atom stereocenters. The molecule has 0 bridgehead atoms. The maximum absolute atomic E-state index is 12.5. The third-order valence-corrected chi connectivity index (χ3v) is 6.80. The van der Waals surface area contributed by atoms with E-state index in [4.69, 9.17) is 4.74 Å². The van der Waals surface area contributed by atoms with E-state index in [1.165, 1.54) is 24.2 Å². The van der Waals surface area contributed by atoms with Gasteiger partial charge in [0, 0.05) is 19.2 Å². The standard InChI is InChI=1S/C20H23N5O2S2/c1-13-18(29-20(22-13)15-6-5-11-28-15)19(26)21-7-10-27-17-12-16(23-14(2)24-17)25-8-3-4-9-25/h5-6,11-12H,3-4,7-10H2,1-2H3,(H,21,26). The van der Waals surface area contributed by atoms with E-state index in [2.05, 4.69) is 25.2 Å². The molecule has 1 amide bonds. The quantitative estimate of drug-likeness (QED) is 0.577. The van der Waals surface area contributed by atoms with E-state index in [-0.39, 0.29) is 5.91 Å². The number of aromatic nitrogens is 3. The summed E-state index contributed by atoms with van der Waals surface area (Å²) in [5.74, 6) is 2.02. The third kappa shape index (κ3) is 4.73. The van der Waals surface area contributed by atoms with Gasteiger partial charge in [0.2, 0.25) is 5.88 Å². The number of thiazole rings is 1. The number of carbonyl (C=O) groups is 1. The normalized spacial score (nSPS) is 13.7. The smallest absolute Gasteiger partial charge is 0.263 e. The predicted octanol–water partition coefficient (Wildman–Crippen LogP) is 3.69. The Hall–Kier alpha value is -2.52. The van der Waals surface area contributed by atoms with Crippen molar-refractivity contribution in [2.75, 3.05) is 31.1 Å². The summed E-state index contributed by atoms with van der Waals surface area (Å²) < 4.78 is 5.76. The van der Waals surface area contributed by atoms with Gasteiger partial charge in [-0.15, -0.1) is 22.7 Å². The van der Waals surface area contributed by atoms with Crippen LogP contribution in [-0.2, 0) is 0 Å². The summed E-state index contributed by atoms with van der Waals surface area (Å²) in [6.07, 6.45) is 2.38. The molecule has 3 aromatic rings. The third-order valence-electron chi connectivity index (χ3n) is 4.60. The van der Waals surface area contributed by atoms with Crippen LogP contribution in [0.15, 0.2) is 23.6 Å². The second kappa shape index (κ2) is 8.87. The van der Waals surface area contributed by atoms with Crippen LogP contribution in [0.25, 0.3) is 9.88 Å². The lowest BCUT2D eigenvalue weighted by Crippen LogP contribution is -2.28. The van der Waals surface area contributed by atoms with E-state index in [9.17, 15) is 4.79 Å². The van der Waals surface area contributed by atoms with Gasteiger partial charge in [0.15, 0.2) is 0 Å². The molecule has 1 saturated heterocycles. The molecule has 4 heterocycles. The SMILES string of the molecule is Cc1nc(OCCNC(=O)c2sc(-c3cccs3)nc2C)cc(N2CCCC2)n1. The number of nitrogens with one attached hydrogen (secondary N) is 1. The van der Waals surface area contributed by atoms with Gasteiger partial charge in [0.25, 0.3) is 5.91 Å². The number of thiophene rings is 1. The molecule has 9 heteroatoms. The highest BCUT2D eigenvalue weighted by Crippen LogP contribution is 2.31. The van der Waals surface area contributed by atoms with Crippen LogP contribution in [0.3, 0.4) is 0 Å². The van der Waals surface area contributed by atoms with E-state index in [0.717, 1.165) is 34.5 Å². The summed E-state index contributed by atoms with van der Waals surface area (Å²) in [7, 11) is 0.